The number of aromatic nitrogens is 1. The topological polar surface area (TPSA) is 65.3 Å². The van der Waals surface area contributed by atoms with E-state index in [1.807, 2.05) is 47.0 Å². The van der Waals surface area contributed by atoms with Crippen LogP contribution in [0.25, 0.3) is 49.4 Å². The lowest BCUT2D eigenvalue weighted by atomic mass is 10.1. The zero-order chi connectivity index (χ0) is 20.4. The Balaban J connectivity index is 2.02. The number of fused-ring (bicyclic) bond motifs is 7. The minimum absolute atomic E-state index is 0.211. The van der Waals surface area contributed by atoms with Crippen molar-refractivity contribution in [2.24, 2.45) is 0 Å². The van der Waals surface area contributed by atoms with Crippen LogP contribution in [0.15, 0.2) is 91.2 Å². The van der Waals surface area contributed by atoms with Crippen LogP contribution in [0.1, 0.15) is 0 Å². The Kier molecular flexibility index (Phi) is 3.46. The SMILES string of the molecule is O=c1oc2c3c(=O)oc4ccccc4c3n(-c3ccc(Cl)cc3)c2c2ccccc12. The Labute approximate surface area is 173 Å². The van der Waals surface area contributed by atoms with E-state index in [1.54, 1.807) is 30.3 Å². The van der Waals surface area contributed by atoms with Crippen molar-refractivity contribution in [1.82, 2.24) is 4.57 Å². The number of hydrogen-bond acceptors (Lipinski definition) is 4. The highest BCUT2D eigenvalue weighted by Gasteiger charge is 2.23. The van der Waals surface area contributed by atoms with Crippen LogP contribution < -0.4 is 11.3 Å². The van der Waals surface area contributed by atoms with E-state index < -0.39 is 11.3 Å². The smallest absolute Gasteiger partial charge is 0.349 e. The van der Waals surface area contributed by atoms with Crippen LogP contribution in [0.4, 0.5) is 0 Å². The average Bonchev–Trinajstić information content (AvgIpc) is 3.11. The van der Waals surface area contributed by atoms with E-state index in [0.29, 0.717) is 32.4 Å². The summed E-state index contributed by atoms with van der Waals surface area (Å²) in [6, 6.07) is 21.8. The molecule has 5 nitrogen and oxygen atoms in total. The summed E-state index contributed by atoms with van der Waals surface area (Å²) < 4.78 is 13.2. The summed E-state index contributed by atoms with van der Waals surface area (Å²) in [6.45, 7) is 0. The molecule has 0 spiro atoms. The third kappa shape index (κ3) is 2.24. The lowest BCUT2D eigenvalue weighted by Crippen LogP contribution is -2.01. The van der Waals surface area contributed by atoms with Gasteiger partial charge in [-0.25, -0.2) is 9.59 Å². The van der Waals surface area contributed by atoms with Gasteiger partial charge in [-0.05, 0) is 42.5 Å². The van der Waals surface area contributed by atoms with Crippen molar-refractivity contribution in [3.8, 4) is 5.69 Å². The normalized spacial score (nSPS) is 11.8. The van der Waals surface area contributed by atoms with E-state index in [1.165, 1.54) is 0 Å². The number of nitrogens with zero attached hydrogens (tertiary/aromatic N) is 1. The molecular formula is C24H12ClNO4. The van der Waals surface area contributed by atoms with Crippen molar-refractivity contribution in [3.05, 3.63) is 98.7 Å². The summed E-state index contributed by atoms with van der Waals surface area (Å²) >= 11 is 6.11. The Bertz CT molecular complexity index is 1740. The zero-order valence-electron chi connectivity index (χ0n) is 15.4. The van der Waals surface area contributed by atoms with Crippen molar-refractivity contribution >= 4 is 55.3 Å². The van der Waals surface area contributed by atoms with Gasteiger partial charge in [0.15, 0.2) is 5.58 Å². The summed E-state index contributed by atoms with van der Waals surface area (Å²) in [6.07, 6.45) is 0. The van der Waals surface area contributed by atoms with Gasteiger partial charge >= 0.3 is 11.3 Å². The molecule has 0 atom stereocenters. The van der Waals surface area contributed by atoms with Gasteiger partial charge in [0, 0.05) is 21.5 Å². The van der Waals surface area contributed by atoms with Gasteiger partial charge < -0.3 is 13.4 Å². The molecule has 144 valence electrons. The van der Waals surface area contributed by atoms with E-state index in [2.05, 4.69) is 0 Å². The third-order valence-corrected chi connectivity index (χ3v) is 5.61. The average molecular weight is 414 g/mol. The van der Waals surface area contributed by atoms with Crippen LogP contribution in [0, 0.1) is 0 Å². The highest BCUT2D eigenvalue weighted by molar-refractivity contribution is 6.30. The van der Waals surface area contributed by atoms with Crippen molar-refractivity contribution in [2.45, 2.75) is 0 Å². The molecule has 3 heterocycles. The molecule has 0 N–H and O–H groups in total. The highest BCUT2D eigenvalue weighted by atomic mass is 35.5. The van der Waals surface area contributed by atoms with E-state index in [-0.39, 0.29) is 11.0 Å². The molecule has 0 saturated carbocycles. The number of hydrogen-bond donors (Lipinski definition) is 0. The molecule has 0 aliphatic rings. The summed E-state index contributed by atoms with van der Waals surface area (Å²) in [5, 5.41) is 2.71. The monoisotopic (exact) mass is 413 g/mol. The molecule has 30 heavy (non-hydrogen) atoms. The number of benzene rings is 3. The molecule has 0 aliphatic heterocycles. The summed E-state index contributed by atoms with van der Waals surface area (Å²) in [5.74, 6) is 0. The van der Waals surface area contributed by atoms with Gasteiger partial charge in [-0.2, -0.15) is 0 Å². The first-order valence-corrected chi connectivity index (χ1v) is 9.69. The van der Waals surface area contributed by atoms with E-state index >= 15 is 0 Å². The van der Waals surface area contributed by atoms with Gasteiger partial charge in [0.05, 0.1) is 16.4 Å². The number of para-hydroxylation sites is 1. The summed E-state index contributed by atoms with van der Waals surface area (Å²) in [7, 11) is 0. The first kappa shape index (κ1) is 17.1. The van der Waals surface area contributed by atoms with Crippen molar-refractivity contribution in [3.63, 3.8) is 0 Å². The first-order chi connectivity index (χ1) is 14.6. The second-order valence-corrected chi connectivity index (χ2v) is 7.47. The number of halogens is 1. The molecule has 0 aliphatic carbocycles. The Morgan fingerprint density at radius 3 is 2.10 bits per heavy atom. The molecule has 0 bridgehead atoms. The van der Waals surface area contributed by atoms with Crippen LogP contribution in [0.3, 0.4) is 0 Å². The Morgan fingerprint density at radius 1 is 0.667 bits per heavy atom. The second-order valence-electron chi connectivity index (χ2n) is 7.03. The molecule has 0 unspecified atom stereocenters. The largest absolute Gasteiger partial charge is 0.422 e. The lowest BCUT2D eigenvalue weighted by molar-refractivity contribution is 0.558. The number of rotatable bonds is 1. The predicted octanol–water partition coefficient (Wildman–Crippen LogP) is 5.65. The molecule has 3 aromatic heterocycles. The van der Waals surface area contributed by atoms with Gasteiger partial charge in [0.1, 0.15) is 11.0 Å². The van der Waals surface area contributed by atoms with E-state index in [9.17, 15) is 9.59 Å². The highest BCUT2D eigenvalue weighted by Crippen LogP contribution is 2.37. The van der Waals surface area contributed by atoms with Crippen molar-refractivity contribution in [1.29, 1.82) is 0 Å². The maximum absolute atomic E-state index is 13.0. The minimum Gasteiger partial charge on any atom is -0.422 e. The molecule has 0 amide bonds. The van der Waals surface area contributed by atoms with E-state index in [0.717, 1.165) is 11.1 Å². The van der Waals surface area contributed by atoms with E-state index in [4.69, 9.17) is 20.4 Å². The fourth-order valence-corrected chi connectivity index (χ4v) is 4.23. The first-order valence-electron chi connectivity index (χ1n) is 9.31. The molecular weight excluding hydrogens is 402 g/mol. The molecule has 3 aromatic carbocycles. The van der Waals surface area contributed by atoms with Gasteiger partial charge in [-0.3, -0.25) is 0 Å². The van der Waals surface area contributed by atoms with Crippen LogP contribution in [-0.4, -0.2) is 4.57 Å². The van der Waals surface area contributed by atoms with Gasteiger partial charge in [-0.1, -0.05) is 41.9 Å². The molecule has 0 fully saturated rings. The quantitative estimate of drug-likeness (QED) is 0.327. The van der Waals surface area contributed by atoms with Crippen LogP contribution >= 0.6 is 11.6 Å². The van der Waals surface area contributed by atoms with Gasteiger partial charge in [-0.15, -0.1) is 0 Å². The molecule has 6 aromatic rings. The zero-order valence-corrected chi connectivity index (χ0v) is 16.1. The van der Waals surface area contributed by atoms with Gasteiger partial charge in [0.2, 0.25) is 0 Å². The van der Waals surface area contributed by atoms with Crippen LogP contribution in [-0.2, 0) is 0 Å². The molecule has 0 radical (unpaired) electrons. The predicted molar refractivity (Wildman–Crippen MR) is 118 cm³/mol. The molecule has 6 rings (SSSR count). The Hall–Kier alpha value is -3.83. The fourth-order valence-electron chi connectivity index (χ4n) is 4.10. The van der Waals surface area contributed by atoms with Crippen LogP contribution in [0.5, 0.6) is 0 Å². The minimum atomic E-state index is -0.556. The van der Waals surface area contributed by atoms with Crippen molar-refractivity contribution < 1.29 is 8.83 Å². The lowest BCUT2D eigenvalue weighted by Gasteiger charge is -2.10. The third-order valence-electron chi connectivity index (χ3n) is 5.36. The molecule has 6 heteroatoms. The summed E-state index contributed by atoms with van der Waals surface area (Å²) in [5.41, 5.74) is 1.66. The Morgan fingerprint density at radius 2 is 1.33 bits per heavy atom. The van der Waals surface area contributed by atoms with Gasteiger partial charge in [0.25, 0.3) is 0 Å². The maximum Gasteiger partial charge on any atom is 0.349 e. The standard InChI is InChI=1S/C24H12ClNO4/c25-13-9-11-14(12-10-13)26-20-17-7-3-4-8-18(17)29-24(28)19(20)22-21(26)15-5-1-2-6-16(15)23(27)30-22/h1-12H. The fraction of sp³-hybridized carbons (Fsp3) is 0. The second kappa shape index (κ2) is 6.08. The molecule has 0 saturated heterocycles. The van der Waals surface area contributed by atoms with Crippen molar-refractivity contribution in [2.75, 3.05) is 0 Å². The van der Waals surface area contributed by atoms with Crippen LogP contribution in [0.2, 0.25) is 5.02 Å². The summed E-state index contributed by atoms with van der Waals surface area (Å²) in [4.78, 5) is 25.7. The maximum atomic E-state index is 13.0.